The van der Waals surface area contributed by atoms with E-state index < -0.39 is 0 Å². The Morgan fingerprint density at radius 2 is 2.09 bits per heavy atom. The maximum atomic E-state index is 5.69. The van der Waals surface area contributed by atoms with Crippen molar-refractivity contribution in [2.45, 2.75) is 19.9 Å². The molecule has 0 aromatic carbocycles. The predicted molar refractivity (Wildman–Crippen MR) is 51.5 cm³/mol. The molecule has 0 aliphatic rings. The summed E-state index contributed by atoms with van der Waals surface area (Å²) in [6.45, 7) is 11.4. The van der Waals surface area contributed by atoms with Gasteiger partial charge in [-0.3, -0.25) is 0 Å². The largest absolute Gasteiger partial charge is 0.383 e. The molecule has 0 aliphatic heterocycles. The molecular weight excluding hydrogens is 158 g/mol. The van der Waals surface area contributed by atoms with E-state index in [0.717, 1.165) is 5.70 Å². The number of nitrogens with one attached hydrogen (secondary N) is 1. The van der Waals surface area contributed by atoms with Gasteiger partial charge in [0.2, 0.25) is 0 Å². The number of allylic oxidation sites excluding steroid dienone is 3. The van der Waals surface area contributed by atoms with Crippen molar-refractivity contribution in [3.8, 4) is 0 Å². The van der Waals surface area contributed by atoms with Gasteiger partial charge < -0.3 is 5.32 Å². The first-order valence-corrected chi connectivity index (χ1v) is 3.89. The molecule has 0 aromatic rings. The van der Waals surface area contributed by atoms with Crippen LogP contribution in [0.25, 0.3) is 0 Å². The fourth-order valence-corrected chi connectivity index (χ4v) is 0.770. The Balaban J connectivity index is 3.96. The lowest BCUT2D eigenvalue weighted by Gasteiger charge is -2.08. The van der Waals surface area contributed by atoms with Gasteiger partial charge in [0.1, 0.15) is 0 Å². The molecule has 0 radical (unpaired) electrons. The van der Waals surface area contributed by atoms with Gasteiger partial charge in [0.25, 0.3) is 0 Å². The van der Waals surface area contributed by atoms with Crippen molar-refractivity contribution in [1.82, 2.24) is 5.32 Å². The van der Waals surface area contributed by atoms with Gasteiger partial charge in [-0.15, -0.1) is 0 Å². The van der Waals surface area contributed by atoms with Crippen LogP contribution in [0.1, 0.15) is 13.8 Å². The van der Waals surface area contributed by atoms with Crippen LogP contribution >= 0.6 is 11.6 Å². The van der Waals surface area contributed by atoms with Crippen molar-refractivity contribution in [1.29, 1.82) is 0 Å². The molecule has 0 amide bonds. The molecule has 0 bridgehead atoms. The minimum Gasteiger partial charge on any atom is -0.383 e. The van der Waals surface area contributed by atoms with Gasteiger partial charge in [-0.25, -0.2) is 0 Å². The average Bonchev–Trinajstić information content (AvgIpc) is 1.85. The van der Waals surface area contributed by atoms with Crippen LogP contribution in [0.3, 0.4) is 0 Å². The summed E-state index contributed by atoms with van der Waals surface area (Å²) in [4.78, 5) is 0. The maximum Gasteiger partial charge on any atom is 0.0420 e. The second-order valence-electron chi connectivity index (χ2n) is 2.56. The highest BCUT2D eigenvalue weighted by Gasteiger charge is 1.92. The van der Waals surface area contributed by atoms with Gasteiger partial charge in [-0.1, -0.05) is 30.8 Å². The van der Waals surface area contributed by atoms with Crippen LogP contribution in [0.4, 0.5) is 0 Å². The Bertz CT molecular complexity index is 180. The van der Waals surface area contributed by atoms with E-state index in [1.165, 1.54) is 0 Å². The van der Waals surface area contributed by atoms with E-state index in [9.17, 15) is 0 Å². The van der Waals surface area contributed by atoms with Gasteiger partial charge >= 0.3 is 0 Å². The predicted octanol–water partition coefficient (Wildman–Crippen LogP) is 2.81. The first kappa shape index (κ1) is 10.3. The Morgan fingerprint density at radius 1 is 1.55 bits per heavy atom. The normalized spacial score (nSPS) is 11.5. The number of hydrogen-bond acceptors (Lipinski definition) is 1. The molecule has 62 valence electrons. The molecule has 1 N–H and O–H groups in total. The third-order valence-corrected chi connectivity index (χ3v) is 1.24. The van der Waals surface area contributed by atoms with Gasteiger partial charge in [0, 0.05) is 16.8 Å². The van der Waals surface area contributed by atoms with Crippen LogP contribution in [0.15, 0.2) is 36.0 Å². The van der Waals surface area contributed by atoms with E-state index in [0.29, 0.717) is 11.1 Å². The molecule has 2 heteroatoms. The quantitative estimate of drug-likeness (QED) is 0.642. The first-order chi connectivity index (χ1) is 5.06. The topological polar surface area (TPSA) is 12.0 Å². The van der Waals surface area contributed by atoms with E-state index in [1.807, 2.05) is 13.8 Å². The second kappa shape index (κ2) is 5.03. The van der Waals surface area contributed by atoms with Gasteiger partial charge in [0.05, 0.1) is 0 Å². The van der Waals surface area contributed by atoms with Crippen molar-refractivity contribution in [2.75, 3.05) is 0 Å². The molecule has 0 rings (SSSR count). The van der Waals surface area contributed by atoms with Crippen LogP contribution in [-0.2, 0) is 0 Å². The summed E-state index contributed by atoms with van der Waals surface area (Å²) in [7, 11) is 0. The molecule has 0 spiro atoms. The number of rotatable bonds is 4. The highest BCUT2D eigenvalue weighted by atomic mass is 35.5. The summed E-state index contributed by atoms with van der Waals surface area (Å²) in [6.07, 6.45) is 3.32. The molecular formula is C9H14ClN. The Hall–Kier alpha value is -0.690. The summed E-state index contributed by atoms with van der Waals surface area (Å²) < 4.78 is 0. The molecule has 0 fully saturated rings. The third kappa shape index (κ3) is 5.74. The van der Waals surface area contributed by atoms with Crippen molar-refractivity contribution in [2.24, 2.45) is 0 Å². The molecule has 0 saturated carbocycles. The van der Waals surface area contributed by atoms with Crippen molar-refractivity contribution in [3.63, 3.8) is 0 Å². The molecule has 0 atom stereocenters. The highest BCUT2D eigenvalue weighted by molar-refractivity contribution is 6.31. The smallest absolute Gasteiger partial charge is 0.0420 e. The van der Waals surface area contributed by atoms with Crippen LogP contribution in [0, 0.1) is 0 Å². The zero-order chi connectivity index (χ0) is 8.85. The molecule has 11 heavy (non-hydrogen) atoms. The van der Waals surface area contributed by atoms with Crippen LogP contribution in [0.5, 0.6) is 0 Å². The number of hydrogen-bond donors (Lipinski definition) is 1. The summed E-state index contributed by atoms with van der Waals surface area (Å²) in [6, 6.07) is 0.382. The molecule has 0 unspecified atom stereocenters. The average molecular weight is 172 g/mol. The zero-order valence-corrected chi connectivity index (χ0v) is 7.78. The molecule has 0 saturated heterocycles. The minimum absolute atomic E-state index is 0.382. The summed E-state index contributed by atoms with van der Waals surface area (Å²) in [5, 5.41) is 3.71. The van der Waals surface area contributed by atoms with Gasteiger partial charge in [-0.05, 0) is 19.9 Å². The van der Waals surface area contributed by atoms with E-state index in [2.05, 4.69) is 18.5 Å². The second-order valence-corrected chi connectivity index (χ2v) is 2.99. The third-order valence-electron chi connectivity index (χ3n) is 0.981. The lowest BCUT2D eigenvalue weighted by Crippen LogP contribution is -2.20. The number of halogens is 1. The minimum atomic E-state index is 0.382. The fourth-order valence-electron chi connectivity index (χ4n) is 0.638. The van der Waals surface area contributed by atoms with Crippen LogP contribution in [-0.4, -0.2) is 6.04 Å². The Morgan fingerprint density at radius 3 is 2.45 bits per heavy atom. The van der Waals surface area contributed by atoms with Crippen LogP contribution < -0.4 is 5.32 Å². The van der Waals surface area contributed by atoms with Crippen molar-refractivity contribution < 1.29 is 0 Å². The van der Waals surface area contributed by atoms with E-state index in [-0.39, 0.29) is 0 Å². The lowest BCUT2D eigenvalue weighted by molar-refractivity contribution is 0.683. The van der Waals surface area contributed by atoms with Gasteiger partial charge in [0.15, 0.2) is 0 Å². The molecule has 0 heterocycles. The molecule has 0 aromatic heterocycles. The molecule has 1 nitrogen and oxygen atoms in total. The lowest BCUT2D eigenvalue weighted by atomic mass is 10.3. The van der Waals surface area contributed by atoms with Crippen LogP contribution in [0.2, 0.25) is 0 Å². The standard InChI is InChI=1S/C9H14ClN/c1-5-9(10)6-8(4)11-7(2)3/h5-7,11H,1,4H2,2-3H3/b9-6+. The van der Waals surface area contributed by atoms with E-state index in [1.54, 1.807) is 12.2 Å². The summed E-state index contributed by atoms with van der Waals surface area (Å²) in [5.41, 5.74) is 0.810. The molecule has 0 aliphatic carbocycles. The summed E-state index contributed by atoms with van der Waals surface area (Å²) in [5.74, 6) is 0. The Kier molecular flexibility index (Phi) is 4.71. The maximum absolute atomic E-state index is 5.69. The van der Waals surface area contributed by atoms with Gasteiger partial charge in [-0.2, -0.15) is 0 Å². The fraction of sp³-hybridized carbons (Fsp3) is 0.333. The zero-order valence-electron chi connectivity index (χ0n) is 7.02. The van der Waals surface area contributed by atoms with E-state index >= 15 is 0 Å². The summed E-state index contributed by atoms with van der Waals surface area (Å²) >= 11 is 5.69. The van der Waals surface area contributed by atoms with Crippen molar-refractivity contribution in [3.05, 3.63) is 36.0 Å². The monoisotopic (exact) mass is 171 g/mol. The Labute approximate surface area is 73.4 Å². The first-order valence-electron chi connectivity index (χ1n) is 3.51. The SMILES string of the molecule is C=C/C(Cl)=C\C(=C)NC(C)C. The van der Waals surface area contributed by atoms with Crippen molar-refractivity contribution >= 4 is 11.6 Å². The van der Waals surface area contributed by atoms with E-state index in [4.69, 9.17) is 11.6 Å². The highest BCUT2D eigenvalue weighted by Crippen LogP contribution is 2.04.